The summed E-state index contributed by atoms with van der Waals surface area (Å²) in [7, 11) is 3.80. The molecular formula is C16H30N4O. The molecule has 120 valence electrons. The van der Waals surface area contributed by atoms with Crippen molar-refractivity contribution < 1.29 is 4.74 Å². The first-order valence-electron chi connectivity index (χ1n) is 8.03. The van der Waals surface area contributed by atoms with Crippen molar-refractivity contribution in [1.82, 2.24) is 15.1 Å². The normalized spacial score (nSPS) is 22.8. The molecule has 5 nitrogen and oxygen atoms in total. The second kappa shape index (κ2) is 7.27. The summed E-state index contributed by atoms with van der Waals surface area (Å²) in [5.41, 5.74) is 2.46. The Kier molecular flexibility index (Phi) is 5.65. The van der Waals surface area contributed by atoms with E-state index in [4.69, 9.17) is 4.74 Å². The van der Waals surface area contributed by atoms with E-state index in [2.05, 4.69) is 47.8 Å². The molecule has 1 saturated heterocycles. The highest BCUT2D eigenvalue weighted by Gasteiger charge is 2.27. The van der Waals surface area contributed by atoms with E-state index in [1.807, 2.05) is 0 Å². The highest BCUT2D eigenvalue weighted by atomic mass is 16.5. The first kappa shape index (κ1) is 16.3. The number of rotatable bonds is 6. The topological polar surface area (TPSA) is 42.3 Å². The first-order valence-corrected chi connectivity index (χ1v) is 8.03. The number of nitrogens with one attached hydrogen (secondary N) is 1. The van der Waals surface area contributed by atoms with Gasteiger partial charge in [-0.15, -0.1) is 0 Å². The van der Waals surface area contributed by atoms with Gasteiger partial charge >= 0.3 is 0 Å². The van der Waals surface area contributed by atoms with Gasteiger partial charge in [-0.3, -0.25) is 4.68 Å². The van der Waals surface area contributed by atoms with Crippen LogP contribution in [0.4, 0.5) is 5.82 Å². The molecule has 1 fully saturated rings. The highest BCUT2D eigenvalue weighted by molar-refractivity contribution is 5.51. The Hall–Kier alpha value is -1.07. The zero-order valence-electron chi connectivity index (χ0n) is 14.1. The number of methoxy groups -OCH3 is 1. The van der Waals surface area contributed by atoms with Crippen LogP contribution in [0, 0.1) is 12.8 Å². The van der Waals surface area contributed by atoms with E-state index < -0.39 is 0 Å². The summed E-state index contributed by atoms with van der Waals surface area (Å²) in [4.78, 5) is 2.54. The third kappa shape index (κ3) is 3.77. The summed E-state index contributed by atoms with van der Waals surface area (Å²) in [6, 6.07) is 0.585. The van der Waals surface area contributed by atoms with Crippen LogP contribution in [0.2, 0.25) is 0 Å². The molecule has 1 aliphatic rings. The summed E-state index contributed by atoms with van der Waals surface area (Å²) >= 11 is 0. The second-order valence-corrected chi connectivity index (χ2v) is 6.35. The van der Waals surface area contributed by atoms with Crippen molar-refractivity contribution >= 4 is 5.82 Å². The van der Waals surface area contributed by atoms with Gasteiger partial charge in [0.05, 0.1) is 12.3 Å². The number of piperidine rings is 1. The lowest BCUT2D eigenvalue weighted by atomic mass is 9.93. The predicted molar refractivity (Wildman–Crippen MR) is 86.7 cm³/mol. The number of nitrogens with zero attached hydrogens (tertiary/aromatic N) is 3. The Morgan fingerprint density at radius 2 is 2.14 bits per heavy atom. The van der Waals surface area contributed by atoms with E-state index >= 15 is 0 Å². The average Bonchev–Trinajstić information content (AvgIpc) is 2.70. The van der Waals surface area contributed by atoms with Crippen LogP contribution in [0.5, 0.6) is 0 Å². The van der Waals surface area contributed by atoms with E-state index in [0.29, 0.717) is 6.04 Å². The lowest BCUT2D eigenvalue weighted by molar-refractivity contribution is 0.199. The molecule has 0 bridgehead atoms. The molecule has 2 rings (SSSR count). The maximum absolute atomic E-state index is 5.10. The molecule has 1 N–H and O–H groups in total. The second-order valence-electron chi connectivity index (χ2n) is 6.35. The number of aromatic nitrogens is 2. The molecule has 0 saturated carbocycles. The van der Waals surface area contributed by atoms with Gasteiger partial charge in [0.2, 0.25) is 0 Å². The minimum Gasteiger partial charge on any atom is -0.383 e. The van der Waals surface area contributed by atoms with Gasteiger partial charge in [-0.2, -0.15) is 5.10 Å². The Balaban J connectivity index is 2.14. The predicted octanol–water partition coefficient (Wildman–Crippen LogP) is 2.09. The van der Waals surface area contributed by atoms with Crippen molar-refractivity contribution in [3.63, 3.8) is 0 Å². The summed E-state index contributed by atoms with van der Waals surface area (Å²) in [5.74, 6) is 2.12. The summed E-state index contributed by atoms with van der Waals surface area (Å²) < 4.78 is 7.15. The molecule has 2 heterocycles. The molecule has 0 radical (unpaired) electrons. The van der Waals surface area contributed by atoms with E-state index in [0.717, 1.165) is 37.9 Å². The standard InChI is InChI=1S/C16H30N4O/c1-12-6-8-20(13(2)10-12)16-15(11-17-7-9-21-5)14(3)18-19(16)4/h12-13,17H,6-11H2,1-5H3. The van der Waals surface area contributed by atoms with Gasteiger partial charge in [0.25, 0.3) is 0 Å². The van der Waals surface area contributed by atoms with Gasteiger partial charge in [0.1, 0.15) is 5.82 Å². The van der Waals surface area contributed by atoms with Crippen LogP contribution in [0.3, 0.4) is 0 Å². The number of anilines is 1. The Morgan fingerprint density at radius 3 is 2.81 bits per heavy atom. The third-order valence-electron chi connectivity index (χ3n) is 4.51. The van der Waals surface area contributed by atoms with Crippen molar-refractivity contribution in [2.75, 3.05) is 31.7 Å². The van der Waals surface area contributed by atoms with Gasteiger partial charge in [-0.25, -0.2) is 0 Å². The lowest BCUT2D eigenvalue weighted by Crippen LogP contribution is -2.42. The number of hydrogen-bond donors (Lipinski definition) is 1. The van der Waals surface area contributed by atoms with Crippen molar-refractivity contribution in [3.8, 4) is 0 Å². The van der Waals surface area contributed by atoms with Crippen LogP contribution in [0.25, 0.3) is 0 Å². The monoisotopic (exact) mass is 294 g/mol. The molecule has 1 aliphatic heterocycles. The first-order chi connectivity index (χ1) is 10.0. The number of ether oxygens (including phenoxy) is 1. The van der Waals surface area contributed by atoms with E-state index in [1.54, 1.807) is 7.11 Å². The van der Waals surface area contributed by atoms with Crippen LogP contribution in [-0.2, 0) is 18.3 Å². The fourth-order valence-corrected chi connectivity index (χ4v) is 3.37. The molecule has 0 spiro atoms. The highest BCUT2D eigenvalue weighted by Crippen LogP contribution is 2.31. The molecule has 1 aromatic rings. The maximum atomic E-state index is 5.10. The Labute approximate surface area is 128 Å². The summed E-state index contributed by atoms with van der Waals surface area (Å²) in [6.45, 7) is 10.4. The molecule has 0 aliphatic carbocycles. The van der Waals surface area contributed by atoms with Gasteiger partial charge < -0.3 is 15.0 Å². The van der Waals surface area contributed by atoms with Crippen LogP contribution < -0.4 is 10.2 Å². The molecule has 2 unspecified atom stereocenters. The van der Waals surface area contributed by atoms with E-state index in [-0.39, 0.29) is 0 Å². The van der Waals surface area contributed by atoms with Crippen LogP contribution in [-0.4, -0.2) is 42.6 Å². The fraction of sp³-hybridized carbons (Fsp3) is 0.812. The molecule has 2 atom stereocenters. The zero-order valence-corrected chi connectivity index (χ0v) is 14.1. The fourth-order valence-electron chi connectivity index (χ4n) is 3.37. The van der Waals surface area contributed by atoms with Gasteiger partial charge in [-0.05, 0) is 32.6 Å². The van der Waals surface area contributed by atoms with Crippen molar-refractivity contribution in [1.29, 1.82) is 0 Å². The van der Waals surface area contributed by atoms with Crippen LogP contribution in [0.15, 0.2) is 0 Å². The molecule has 1 aromatic heterocycles. The van der Waals surface area contributed by atoms with Gasteiger partial charge in [0.15, 0.2) is 0 Å². The Morgan fingerprint density at radius 1 is 1.38 bits per heavy atom. The lowest BCUT2D eigenvalue weighted by Gasteiger charge is -2.38. The van der Waals surface area contributed by atoms with Crippen LogP contribution in [0.1, 0.15) is 37.9 Å². The van der Waals surface area contributed by atoms with Gasteiger partial charge in [0, 0.05) is 45.4 Å². The minimum absolute atomic E-state index is 0.585. The quantitative estimate of drug-likeness (QED) is 0.816. The maximum Gasteiger partial charge on any atom is 0.131 e. The zero-order chi connectivity index (χ0) is 15.4. The smallest absolute Gasteiger partial charge is 0.131 e. The molecule has 0 aromatic carbocycles. The SMILES string of the molecule is COCCNCc1c(C)nn(C)c1N1CCC(C)CC1C. The van der Waals surface area contributed by atoms with Crippen molar-refractivity contribution in [2.24, 2.45) is 13.0 Å². The number of hydrogen-bond acceptors (Lipinski definition) is 4. The molecule has 0 amide bonds. The number of aryl methyl sites for hydroxylation is 2. The van der Waals surface area contributed by atoms with Crippen molar-refractivity contribution in [3.05, 3.63) is 11.3 Å². The van der Waals surface area contributed by atoms with Crippen molar-refractivity contribution in [2.45, 2.75) is 46.2 Å². The largest absolute Gasteiger partial charge is 0.383 e. The third-order valence-corrected chi connectivity index (χ3v) is 4.51. The van der Waals surface area contributed by atoms with E-state index in [9.17, 15) is 0 Å². The average molecular weight is 294 g/mol. The molecule has 21 heavy (non-hydrogen) atoms. The molecule has 5 heteroatoms. The van der Waals surface area contributed by atoms with E-state index in [1.165, 1.54) is 24.2 Å². The summed E-state index contributed by atoms with van der Waals surface area (Å²) in [6.07, 6.45) is 2.53. The Bertz CT molecular complexity index is 457. The van der Waals surface area contributed by atoms with Crippen LogP contribution >= 0.6 is 0 Å². The van der Waals surface area contributed by atoms with Gasteiger partial charge in [-0.1, -0.05) is 6.92 Å². The summed E-state index contributed by atoms with van der Waals surface area (Å²) in [5, 5.41) is 8.10. The molecular weight excluding hydrogens is 264 g/mol. The minimum atomic E-state index is 0.585.